The Morgan fingerprint density at radius 3 is 2.43 bits per heavy atom. The lowest BCUT2D eigenvalue weighted by atomic mass is 10.1. The highest BCUT2D eigenvalue weighted by Crippen LogP contribution is 2.32. The molecule has 0 N–H and O–H groups in total. The maximum absolute atomic E-state index is 12.3. The first-order valence-electron chi connectivity index (χ1n) is 6.81. The highest BCUT2D eigenvalue weighted by atomic mass is 35.5. The lowest BCUT2D eigenvalue weighted by molar-refractivity contribution is -0.139. The van der Waals surface area contributed by atoms with Gasteiger partial charge in [0.15, 0.2) is 0 Å². The van der Waals surface area contributed by atoms with E-state index in [9.17, 15) is 9.59 Å². The molecule has 1 heterocycles. The van der Waals surface area contributed by atoms with Crippen LogP contribution in [0.5, 0.6) is 0 Å². The summed E-state index contributed by atoms with van der Waals surface area (Å²) < 4.78 is 9.62. The minimum atomic E-state index is -0.652. The van der Waals surface area contributed by atoms with Gasteiger partial charge in [0, 0.05) is 11.2 Å². The smallest absolute Gasteiger partial charge is 0.355 e. The molecule has 2 rings (SSSR count). The molecule has 0 saturated carbocycles. The van der Waals surface area contributed by atoms with Gasteiger partial charge in [0.2, 0.25) is 0 Å². The largest absolute Gasteiger partial charge is 0.465 e. The first-order chi connectivity index (χ1) is 11.0. The van der Waals surface area contributed by atoms with Crippen LogP contribution in [-0.2, 0) is 19.1 Å². The molecule has 1 aromatic carbocycles. The van der Waals surface area contributed by atoms with Gasteiger partial charge < -0.3 is 14.4 Å². The first-order valence-corrected chi connectivity index (χ1v) is 7.19. The van der Waals surface area contributed by atoms with Crippen LogP contribution in [0.4, 0.5) is 5.69 Å². The molecule has 0 radical (unpaired) electrons. The first kappa shape index (κ1) is 16.8. The van der Waals surface area contributed by atoms with Crippen LogP contribution in [0.1, 0.15) is 5.56 Å². The highest BCUT2D eigenvalue weighted by molar-refractivity contribution is 6.31. The molecular formula is C17H16ClNO4. The summed E-state index contributed by atoms with van der Waals surface area (Å²) in [5.41, 5.74) is 1.60. The van der Waals surface area contributed by atoms with Crippen molar-refractivity contribution in [2.45, 2.75) is 6.92 Å². The van der Waals surface area contributed by atoms with Crippen molar-refractivity contribution in [3.63, 3.8) is 0 Å². The van der Waals surface area contributed by atoms with Crippen LogP contribution >= 0.6 is 11.6 Å². The summed E-state index contributed by atoms with van der Waals surface area (Å²) in [5, 5.41) is 0.553. The monoisotopic (exact) mass is 333 g/mol. The molecule has 0 aliphatic carbocycles. The van der Waals surface area contributed by atoms with Gasteiger partial charge in [-0.3, -0.25) is 0 Å². The van der Waals surface area contributed by atoms with E-state index in [0.29, 0.717) is 10.7 Å². The minimum absolute atomic E-state index is 0.0646. The summed E-state index contributed by atoms with van der Waals surface area (Å²) in [5.74, 6) is -1.28. The number of carbonyl (C=O) groups is 2. The fourth-order valence-electron chi connectivity index (χ4n) is 2.21. The van der Waals surface area contributed by atoms with Crippen LogP contribution in [0.25, 0.3) is 0 Å². The standard InChI is InChI=1S/C17H16ClNO4/c1-11-13(18)8-6-9-14(11)19-10-5-4-7-12(16(20)22-2)15(19)17(21)23-3/h4-10H,1-3H3. The third-order valence-corrected chi connectivity index (χ3v) is 3.80. The Morgan fingerprint density at radius 2 is 1.78 bits per heavy atom. The summed E-state index contributed by atoms with van der Waals surface area (Å²) in [4.78, 5) is 25.9. The average Bonchev–Trinajstić information content (AvgIpc) is 2.78. The molecule has 0 amide bonds. The predicted octanol–water partition coefficient (Wildman–Crippen LogP) is 3.14. The van der Waals surface area contributed by atoms with Crippen LogP contribution in [0.15, 0.2) is 53.9 Å². The number of esters is 2. The summed E-state index contributed by atoms with van der Waals surface area (Å²) in [6, 6.07) is 5.32. The van der Waals surface area contributed by atoms with Crippen molar-refractivity contribution >= 4 is 29.2 Å². The van der Waals surface area contributed by atoms with Gasteiger partial charge in [0.1, 0.15) is 5.70 Å². The van der Waals surface area contributed by atoms with Crippen molar-refractivity contribution in [1.82, 2.24) is 0 Å². The Bertz CT molecular complexity index is 734. The number of methoxy groups -OCH3 is 2. The molecule has 0 bridgehead atoms. The number of ether oxygens (including phenoxy) is 2. The fraction of sp³-hybridized carbons (Fsp3) is 0.176. The van der Waals surface area contributed by atoms with E-state index in [0.717, 1.165) is 5.56 Å². The summed E-state index contributed by atoms with van der Waals surface area (Å²) in [7, 11) is 2.51. The lowest BCUT2D eigenvalue weighted by Crippen LogP contribution is -2.27. The molecule has 1 aliphatic rings. The fourth-order valence-corrected chi connectivity index (χ4v) is 2.38. The number of hydrogen-bond acceptors (Lipinski definition) is 5. The summed E-state index contributed by atoms with van der Waals surface area (Å²) in [6.07, 6.45) is 6.53. The highest BCUT2D eigenvalue weighted by Gasteiger charge is 2.28. The number of carbonyl (C=O) groups excluding carboxylic acids is 2. The van der Waals surface area contributed by atoms with E-state index in [1.807, 2.05) is 6.92 Å². The second-order valence-corrected chi connectivity index (χ2v) is 5.11. The van der Waals surface area contributed by atoms with Gasteiger partial charge in [-0.05, 0) is 36.8 Å². The van der Waals surface area contributed by atoms with E-state index < -0.39 is 11.9 Å². The van der Waals surface area contributed by atoms with Crippen LogP contribution in [-0.4, -0.2) is 26.2 Å². The molecule has 1 aliphatic heterocycles. The van der Waals surface area contributed by atoms with Crippen molar-refractivity contribution in [3.05, 3.63) is 64.5 Å². The van der Waals surface area contributed by atoms with Crippen molar-refractivity contribution < 1.29 is 19.1 Å². The molecule has 120 valence electrons. The number of allylic oxidation sites excluding steroid dienone is 2. The zero-order valence-electron chi connectivity index (χ0n) is 13.0. The van der Waals surface area contributed by atoms with Gasteiger partial charge in [-0.2, -0.15) is 0 Å². The van der Waals surface area contributed by atoms with Gasteiger partial charge >= 0.3 is 11.9 Å². The van der Waals surface area contributed by atoms with Gasteiger partial charge in [0.25, 0.3) is 0 Å². The molecule has 0 spiro atoms. The van der Waals surface area contributed by atoms with Crippen LogP contribution in [0.3, 0.4) is 0 Å². The van der Waals surface area contributed by atoms with E-state index in [1.54, 1.807) is 41.5 Å². The molecule has 5 nitrogen and oxygen atoms in total. The minimum Gasteiger partial charge on any atom is -0.465 e. The van der Waals surface area contributed by atoms with Crippen molar-refractivity contribution in [2.75, 3.05) is 19.1 Å². The van der Waals surface area contributed by atoms with E-state index >= 15 is 0 Å². The Labute approximate surface area is 139 Å². The van der Waals surface area contributed by atoms with Gasteiger partial charge in [0.05, 0.1) is 25.5 Å². The number of benzene rings is 1. The lowest BCUT2D eigenvalue weighted by Gasteiger charge is -2.25. The third kappa shape index (κ3) is 3.29. The molecular weight excluding hydrogens is 318 g/mol. The topological polar surface area (TPSA) is 55.8 Å². The van der Waals surface area contributed by atoms with E-state index in [1.165, 1.54) is 20.3 Å². The van der Waals surface area contributed by atoms with Crippen LogP contribution < -0.4 is 4.90 Å². The van der Waals surface area contributed by atoms with Gasteiger partial charge in [-0.25, -0.2) is 9.59 Å². The van der Waals surface area contributed by atoms with Crippen molar-refractivity contribution in [2.24, 2.45) is 0 Å². The van der Waals surface area contributed by atoms with Gasteiger partial charge in [-0.1, -0.05) is 23.7 Å². The zero-order valence-corrected chi connectivity index (χ0v) is 13.8. The normalized spacial score (nSPS) is 13.8. The number of anilines is 1. The Hall–Kier alpha value is -2.53. The van der Waals surface area contributed by atoms with Crippen molar-refractivity contribution in [3.8, 4) is 0 Å². The maximum Gasteiger partial charge on any atom is 0.355 e. The van der Waals surface area contributed by atoms with Crippen LogP contribution in [0, 0.1) is 6.92 Å². The summed E-state index contributed by atoms with van der Waals surface area (Å²) >= 11 is 6.17. The van der Waals surface area contributed by atoms with E-state index in [-0.39, 0.29) is 11.3 Å². The zero-order chi connectivity index (χ0) is 17.0. The van der Waals surface area contributed by atoms with Gasteiger partial charge in [-0.15, -0.1) is 0 Å². The second-order valence-electron chi connectivity index (χ2n) is 4.70. The molecule has 0 atom stereocenters. The summed E-state index contributed by atoms with van der Waals surface area (Å²) in [6.45, 7) is 1.83. The number of rotatable bonds is 3. The average molecular weight is 334 g/mol. The third-order valence-electron chi connectivity index (χ3n) is 3.39. The number of halogens is 1. The molecule has 1 aromatic rings. The Kier molecular flexibility index (Phi) is 5.24. The number of nitrogens with zero attached hydrogens (tertiary/aromatic N) is 1. The second kappa shape index (κ2) is 7.15. The maximum atomic E-state index is 12.3. The molecule has 0 unspecified atom stereocenters. The SMILES string of the molecule is COC(=O)C1=C(C(=O)OC)N(c2cccc(Cl)c2C)C=CC=C1. The molecule has 0 saturated heterocycles. The van der Waals surface area contributed by atoms with Crippen LogP contribution in [0.2, 0.25) is 5.02 Å². The van der Waals surface area contributed by atoms with E-state index in [2.05, 4.69) is 0 Å². The molecule has 0 aromatic heterocycles. The van der Waals surface area contributed by atoms with Crippen molar-refractivity contribution in [1.29, 1.82) is 0 Å². The predicted molar refractivity (Wildman–Crippen MR) is 88.0 cm³/mol. The molecule has 0 fully saturated rings. The number of hydrogen-bond donors (Lipinski definition) is 0. The molecule has 6 heteroatoms. The quantitative estimate of drug-likeness (QED) is 0.795. The Balaban J connectivity index is 2.71. The van der Waals surface area contributed by atoms with E-state index in [4.69, 9.17) is 21.1 Å². The Morgan fingerprint density at radius 1 is 1.09 bits per heavy atom. The molecule has 23 heavy (non-hydrogen) atoms.